The number of aromatic nitrogens is 1. The Balaban J connectivity index is 2.18. The zero-order chi connectivity index (χ0) is 12.7. The minimum absolute atomic E-state index is 0.0316. The van der Waals surface area contributed by atoms with E-state index in [0.717, 1.165) is 25.2 Å². The Bertz CT molecular complexity index is 535. The monoisotopic (exact) mass is 246 g/mol. The van der Waals surface area contributed by atoms with Crippen LogP contribution in [0.2, 0.25) is 0 Å². The molecule has 2 bridgehead atoms. The van der Waals surface area contributed by atoms with Crippen molar-refractivity contribution in [3.63, 3.8) is 0 Å². The highest BCUT2D eigenvalue weighted by atomic mass is 16.1. The van der Waals surface area contributed by atoms with Crippen LogP contribution >= 0.6 is 0 Å². The number of nitrogens with zero attached hydrogens (tertiary/aromatic N) is 1. The lowest BCUT2D eigenvalue weighted by Gasteiger charge is -2.42. The van der Waals surface area contributed by atoms with Crippen LogP contribution in [0.15, 0.2) is 23.0 Å². The molecule has 18 heavy (non-hydrogen) atoms. The molecule has 1 N–H and O–H groups in total. The fraction of sp³-hybridized carbons (Fsp3) is 0.571. The molecule has 1 aromatic rings. The third kappa shape index (κ3) is 1.63. The maximum atomic E-state index is 12.2. The highest BCUT2D eigenvalue weighted by Gasteiger charge is 2.40. The number of fused-ring (bicyclic) bond motifs is 4. The second-order valence-electron chi connectivity index (χ2n) is 5.27. The molecule has 0 amide bonds. The van der Waals surface area contributed by atoms with Gasteiger partial charge in [-0.25, -0.2) is 0 Å². The number of carbonyl (C=O) groups is 1. The zero-order valence-corrected chi connectivity index (χ0v) is 10.6. The SMILES string of the molecule is CCC(=O)C1C2CNCC(C2)c2cccc(=O)n21. The number of piperidine rings is 1. The van der Waals surface area contributed by atoms with Crippen LogP contribution in [0.1, 0.15) is 37.4 Å². The third-order valence-electron chi connectivity index (χ3n) is 4.23. The van der Waals surface area contributed by atoms with Gasteiger partial charge in [0.25, 0.3) is 5.56 Å². The minimum atomic E-state index is -0.261. The molecule has 1 aromatic heterocycles. The summed E-state index contributed by atoms with van der Waals surface area (Å²) in [6, 6.07) is 5.10. The number of ketones is 1. The number of carbonyl (C=O) groups excluding carboxylic acids is 1. The van der Waals surface area contributed by atoms with E-state index in [1.54, 1.807) is 16.7 Å². The van der Waals surface area contributed by atoms with Crippen LogP contribution in [0.5, 0.6) is 0 Å². The Morgan fingerprint density at radius 2 is 2.28 bits per heavy atom. The van der Waals surface area contributed by atoms with Crippen molar-refractivity contribution in [2.24, 2.45) is 5.92 Å². The van der Waals surface area contributed by atoms with Crippen molar-refractivity contribution in [1.29, 1.82) is 0 Å². The number of Topliss-reactive ketones (excluding diaryl/α,β-unsaturated/α-hetero) is 1. The maximum absolute atomic E-state index is 12.2. The van der Waals surface area contributed by atoms with E-state index in [4.69, 9.17) is 0 Å². The Hall–Kier alpha value is -1.42. The van der Waals surface area contributed by atoms with Gasteiger partial charge in [-0.05, 0) is 18.4 Å². The molecule has 2 aliphatic rings. The highest BCUT2D eigenvalue weighted by Crippen LogP contribution is 2.39. The summed E-state index contributed by atoms with van der Waals surface area (Å²) in [6.07, 6.45) is 1.51. The van der Waals surface area contributed by atoms with Gasteiger partial charge in [-0.3, -0.25) is 9.59 Å². The summed E-state index contributed by atoms with van der Waals surface area (Å²) in [6.45, 7) is 3.62. The van der Waals surface area contributed by atoms with E-state index < -0.39 is 0 Å². The molecule has 3 atom stereocenters. The average Bonchev–Trinajstić information content (AvgIpc) is 2.40. The molecule has 3 rings (SSSR count). The molecule has 0 aromatic carbocycles. The first-order chi connectivity index (χ1) is 8.72. The van der Waals surface area contributed by atoms with Crippen molar-refractivity contribution in [2.75, 3.05) is 13.1 Å². The van der Waals surface area contributed by atoms with E-state index in [1.807, 2.05) is 13.0 Å². The van der Waals surface area contributed by atoms with Crippen molar-refractivity contribution < 1.29 is 4.79 Å². The normalized spacial score (nSPS) is 29.7. The number of hydrogen-bond donors (Lipinski definition) is 1. The van der Waals surface area contributed by atoms with Crippen LogP contribution < -0.4 is 10.9 Å². The standard InChI is InChI=1S/C14H18N2O2/c1-2-12(17)14-10-6-9(7-15-8-10)11-4-3-5-13(18)16(11)14/h3-5,9-10,14-15H,2,6-8H2,1H3. The largest absolute Gasteiger partial charge is 0.316 e. The number of hydrogen-bond acceptors (Lipinski definition) is 3. The summed E-state index contributed by atoms with van der Waals surface area (Å²) in [7, 11) is 0. The topological polar surface area (TPSA) is 51.1 Å². The Labute approximate surface area is 106 Å². The zero-order valence-electron chi connectivity index (χ0n) is 10.6. The van der Waals surface area contributed by atoms with E-state index in [-0.39, 0.29) is 23.3 Å². The van der Waals surface area contributed by atoms with Crippen LogP contribution in [-0.4, -0.2) is 23.4 Å². The van der Waals surface area contributed by atoms with E-state index >= 15 is 0 Å². The van der Waals surface area contributed by atoms with Gasteiger partial charge in [0.05, 0.1) is 6.04 Å². The molecule has 3 heterocycles. The van der Waals surface area contributed by atoms with Gasteiger partial charge in [0.15, 0.2) is 5.78 Å². The fourth-order valence-corrected chi connectivity index (χ4v) is 3.42. The molecule has 0 spiro atoms. The van der Waals surface area contributed by atoms with E-state index in [1.165, 1.54) is 0 Å². The average molecular weight is 246 g/mol. The Morgan fingerprint density at radius 3 is 3.06 bits per heavy atom. The summed E-state index contributed by atoms with van der Waals surface area (Å²) < 4.78 is 1.76. The third-order valence-corrected chi connectivity index (χ3v) is 4.23. The lowest BCUT2D eigenvalue weighted by atomic mass is 9.77. The summed E-state index contributed by atoms with van der Waals surface area (Å²) in [5.41, 5.74) is 0.994. The van der Waals surface area contributed by atoms with E-state index in [0.29, 0.717) is 12.3 Å². The van der Waals surface area contributed by atoms with Crippen molar-refractivity contribution in [3.05, 3.63) is 34.2 Å². The number of nitrogens with one attached hydrogen (secondary N) is 1. The van der Waals surface area contributed by atoms with Crippen LogP contribution in [0, 0.1) is 5.92 Å². The summed E-state index contributed by atoms with van der Waals surface area (Å²) in [5.74, 6) is 0.819. The molecule has 1 saturated heterocycles. The van der Waals surface area contributed by atoms with Gasteiger partial charge in [-0.1, -0.05) is 13.0 Å². The fourth-order valence-electron chi connectivity index (χ4n) is 3.42. The van der Waals surface area contributed by atoms with E-state index in [9.17, 15) is 9.59 Å². The summed E-state index contributed by atoms with van der Waals surface area (Å²) in [5, 5.41) is 3.39. The molecular weight excluding hydrogens is 228 g/mol. The molecule has 3 unspecified atom stereocenters. The van der Waals surface area contributed by atoms with E-state index in [2.05, 4.69) is 5.32 Å². The predicted molar refractivity (Wildman–Crippen MR) is 68.8 cm³/mol. The molecule has 0 saturated carbocycles. The van der Waals surface area contributed by atoms with Crippen molar-refractivity contribution in [1.82, 2.24) is 9.88 Å². The second-order valence-corrected chi connectivity index (χ2v) is 5.27. The first-order valence-corrected chi connectivity index (χ1v) is 6.67. The molecule has 0 aliphatic carbocycles. The smallest absolute Gasteiger partial charge is 0.251 e. The van der Waals surface area contributed by atoms with Gasteiger partial charge in [0.2, 0.25) is 0 Å². The molecule has 0 radical (unpaired) electrons. The molecule has 4 heteroatoms. The molecule has 4 nitrogen and oxygen atoms in total. The minimum Gasteiger partial charge on any atom is -0.316 e. The first-order valence-electron chi connectivity index (χ1n) is 6.67. The number of pyridine rings is 1. The quantitative estimate of drug-likeness (QED) is 0.849. The second kappa shape index (κ2) is 4.35. The summed E-state index contributed by atoms with van der Waals surface area (Å²) >= 11 is 0. The van der Waals surface area contributed by atoms with Gasteiger partial charge in [0.1, 0.15) is 0 Å². The predicted octanol–water partition coefficient (Wildman–Crippen LogP) is 1.08. The first kappa shape index (κ1) is 11.7. The van der Waals surface area contributed by atoms with Crippen molar-refractivity contribution in [2.45, 2.75) is 31.7 Å². The van der Waals surface area contributed by atoms with Crippen LogP contribution in [0.4, 0.5) is 0 Å². The molecular formula is C14H18N2O2. The maximum Gasteiger partial charge on any atom is 0.251 e. The van der Waals surface area contributed by atoms with Gasteiger partial charge < -0.3 is 9.88 Å². The lowest BCUT2D eigenvalue weighted by Crippen LogP contribution is -2.49. The number of rotatable bonds is 2. The Kier molecular flexibility index (Phi) is 2.82. The van der Waals surface area contributed by atoms with Gasteiger partial charge in [0, 0.05) is 37.2 Å². The molecule has 96 valence electrons. The summed E-state index contributed by atoms with van der Waals surface area (Å²) in [4.78, 5) is 24.3. The van der Waals surface area contributed by atoms with Crippen LogP contribution in [0.3, 0.4) is 0 Å². The molecule has 2 aliphatic heterocycles. The van der Waals surface area contributed by atoms with Gasteiger partial charge in [-0.2, -0.15) is 0 Å². The molecule has 1 fully saturated rings. The van der Waals surface area contributed by atoms with Crippen LogP contribution in [-0.2, 0) is 4.79 Å². The van der Waals surface area contributed by atoms with Gasteiger partial charge in [-0.15, -0.1) is 0 Å². The van der Waals surface area contributed by atoms with Crippen molar-refractivity contribution >= 4 is 5.78 Å². The Morgan fingerprint density at radius 1 is 1.44 bits per heavy atom. The highest BCUT2D eigenvalue weighted by molar-refractivity contribution is 5.83. The van der Waals surface area contributed by atoms with Gasteiger partial charge >= 0.3 is 0 Å². The van der Waals surface area contributed by atoms with Crippen LogP contribution in [0.25, 0.3) is 0 Å². The lowest BCUT2D eigenvalue weighted by molar-refractivity contribution is -0.124. The van der Waals surface area contributed by atoms with Crippen molar-refractivity contribution in [3.8, 4) is 0 Å².